The normalized spacial score (nSPS) is 26.8. The largest absolute Gasteiger partial charge is 0.489 e. The van der Waals surface area contributed by atoms with E-state index in [2.05, 4.69) is 11.6 Å². The molecule has 1 aromatic carbocycles. The zero-order valence-electron chi connectivity index (χ0n) is 15.8. The number of likely N-dealkylation sites (tertiary alicyclic amines) is 1. The molecule has 1 aliphatic carbocycles. The fourth-order valence-corrected chi connectivity index (χ4v) is 4.29. The number of H-pyrrole nitrogens is 1. The zero-order valence-corrected chi connectivity index (χ0v) is 15.8. The third-order valence-electron chi connectivity index (χ3n) is 5.84. The maximum Gasteiger partial charge on any atom is 0.226 e. The number of ether oxygens (including phenoxy) is 1. The number of aromatic nitrogens is 1. The second-order valence-corrected chi connectivity index (χ2v) is 7.81. The molecule has 2 atom stereocenters. The van der Waals surface area contributed by atoms with Gasteiger partial charge in [-0.1, -0.05) is 6.58 Å². The summed E-state index contributed by atoms with van der Waals surface area (Å²) in [6.07, 6.45) is 4.57. The molecular formula is C22H24F2N2O2. The van der Waals surface area contributed by atoms with Crippen LogP contribution in [0, 0.1) is 17.6 Å². The summed E-state index contributed by atoms with van der Waals surface area (Å²) in [5, 5.41) is 0. The summed E-state index contributed by atoms with van der Waals surface area (Å²) in [4.78, 5) is 18.0. The van der Waals surface area contributed by atoms with Crippen molar-refractivity contribution in [1.29, 1.82) is 0 Å². The summed E-state index contributed by atoms with van der Waals surface area (Å²) < 4.78 is 33.2. The molecule has 6 heteroatoms. The van der Waals surface area contributed by atoms with Gasteiger partial charge < -0.3 is 14.6 Å². The van der Waals surface area contributed by atoms with Gasteiger partial charge in [0.25, 0.3) is 0 Å². The highest BCUT2D eigenvalue weighted by atomic mass is 19.1. The predicted octanol–water partition coefficient (Wildman–Crippen LogP) is 4.81. The van der Waals surface area contributed by atoms with E-state index in [0.29, 0.717) is 30.6 Å². The molecule has 4 rings (SSSR count). The molecule has 2 aromatic rings. The number of halogens is 2. The molecule has 1 saturated heterocycles. The Bertz CT molecular complexity index is 854. The predicted molar refractivity (Wildman–Crippen MR) is 102 cm³/mol. The monoisotopic (exact) mass is 386 g/mol. The van der Waals surface area contributed by atoms with Gasteiger partial charge in [0.05, 0.1) is 11.7 Å². The van der Waals surface area contributed by atoms with E-state index in [1.807, 2.05) is 24.0 Å². The van der Waals surface area contributed by atoms with Crippen LogP contribution in [0.1, 0.15) is 49.9 Å². The Morgan fingerprint density at radius 1 is 1.21 bits per heavy atom. The van der Waals surface area contributed by atoms with Crippen molar-refractivity contribution in [1.82, 2.24) is 9.88 Å². The van der Waals surface area contributed by atoms with Crippen LogP contribution in [-0.2, 0) is 9.53 Å². The highest BCUT2D eigenvalue weighted by Gasteiger charge is 2.44. The van der Waals surface area contributed by atoms with Gasteiger partial charge in [-0.25, -0.2) is 8.78 Å². The van der Waals surface area contributed by atoms with Gasteiger partial charge in [0.1, 0.15) is 23.5 Å². The Hall–Kier alpha value is -2.63. The Labute approximate surface area is 163 Å². The van der Waals surface area contributed by atoms with E-state index in [-0.39, 0.29) is 30.0 Å². The van der Waals surface area contributed by atoms with E-state index in [1.54, 1.807) is 6.20 Å². The maximum absolute atomic E-state index is 13.7. The minimum atomic E-state index is -0.609. The summed E-state index contributed by atoms with van der Waals surface area (Å²) in [6.45, 7) is 5.92. The van der Waals surface area contributed by atoms with E-state index in [0.717, 1.165) is 18.2 Å². The number of nitrogens with one attached hydrogen (secondary N) is 1. The van der Waals surface area contributed by atoms with Crippen molar-refractivity contribution >= 4 is 11.7 Å². The molecule has 0 radical (unpaired) electrons. The summed E-state index contributed by atoms with van der Waals surface area (Å²) >= 11 is 0. The quantitative estimate of drug-likeness (QED) is 0.750. The highest BCUT2D eigenvalue weighted by Crippen LogP contribution is 2.41. The smallest absolute Gasteiger partial charge is 0.226 e. The number of hydrogen-bond acceptors (Lipinski definition) is 2. The van der Waals surface area contributed by atoms with Crippen LogP contribution in [0.15, 0.2) is 43.1 Å². The van der Waals surface area contributed by atoms with E-state index < -0.39 is 11.6 Å². The molecule has 0 bridgehead atoms. The van der Waals surface area contributed by atoms with E-state index in [1.165, 1.54) is 12.1 Å². The molecule has 2 heterocycles. The number of carbonyl (C=O) groups excluding carboxylic acids is 1. The first-order valence-electron chi connectivity index (χ1n) is 9.70. The highest BCUT2D eigenvalue weighted by molar-refractivity contribution is 5.81. The minimum Gasteiger partial charge on any atom is -0.489 e. The number of nitrogens with zero attached hydrogens (tertiary/aromatic N) is 1. The molecule has 1 saturated carbocycles. The van der Waals surface area contributed by atoms with Gasteiger partial charge in [-0.15, -0.1) is 0 Å². The lowest BCUT2D eigenvalue weighted by atomic mass is 9.80. The topological polar surface area (TPSA) is 45.3 Å². The lowest BCUT2D eigenvalue weighted by Crippen LogP contribution is -2.46. The van der Waals surface area contributed by atoms with Gasteiger partial charge in [0.2, 0.25) is 5.91 Å². The van der Waals surface area contributed by atoms with Crippen LogP contribution in [0.5, 0.6) is 0 Å². The first-order chi connectivity index (χ1) is 13.4. The van der Waals surface area contributed by atoms with Crippen molar-refractivity contribution in [3.63, 3.8) is 0 Å². The van der Waals surface area contributed by atoms with Gasteiger partial charge in [-0.05, 0) is 62.4 Å². The first-order valence-corrected chi connectivity index (χ1v) is 9.70. The van der Waals surface area contributed by atoms with Crippen LogP contribution in [0.4, 0.5) is 8.78 Å². The maximum atomic E-state index is 13.7. The third-order valence-corrected chi connectivity index (χ3v) is 5.84. The van der Waals surface area contributed by atoms with Crippen molar-refractivity contribution < 1.29 is 18.3 Å². The van der Waals surface area contributed by atoms with Crippen LogP contribution in [0.2, 0.25) is 0 Å². The Balaban J connectivity index is 1.40. The third kappa shape index (κ3) is 3.55. The molecule has 2 aliphatic rings. The average molecular weight is 386 g/mol. The van der Waals surface area contributed by atoms with Gasteiger partial charge in [-0.3, -0.25) is 4.79 Å². The van der Waals surface area contributed by atoms with Gasteiger partial charge >= 0.3 is 0 Å². The fraction of sp³-hybridized carbons (Fsp3) is 0.409. The average Bonchev–Trinajstić information content (AvgIpc) is 3.25. The number of amides is 1. The molecular weight excluding hydrogens is 362 g/mol. The molecule has 4 nitrogen and oxygen atoms in total. The number of aromatic amines is 1. The molecule has 148 valence electrons. The van der Waals surface area contributed by atoms with Crippen molar-refractivity contribution in [2.75, 3.05) is 0 Å². The molecule has 1 N–H and O–H groups in total. The number of benzene rings is 1. The zero-order chi connectivity index (χ0) is 19.8. The lowest BCUT2D eigenvalue weighted by molar-refractivity contribution is -0.145. The Morgan fingerprint density at radius 2 is 1.93 bits per heavy atom. The van der Waals surface area contributed by atoms with Crippen molar-refractivity contribution in [3.8, 4) is 0 Å². The molecule has 28 heavy (non-hydrogen) atoms. The molecule has 1 amide bonds. The molecule has 1 aliphatic heterocycles. The molecule has 0 spiro atoms. The number of carbonyl (C=O) groups is 1. The van der Waals surface area contributed by atoms with Crippen molar-refractivity contribution in [2.45, 2.75) is 50.8 Å². The van der Waals surface area contributed by atoms with Crippen LogP contribution in [0.25, 0.3) is 5.76 Å². The van der Waals surface area contributed by atoms with Gasteiger partial charge in [0, 0.05) is 24.2 Å². The van der Waals surface area contributed by atoms with E-state index >= 15 is 0 Å². The summed E-state index contributed by atoms with van der Waals surface area (Å²) in [7, 11) is 0. The van der Waals surface area contributed by atoms with Crippen LogP contribution in [-0.4, -0.2) is 27.9 Å². The second kappa shape index (κ2) is 7.41. The van der Waals surface area contributed by atoms with E-state index in [9.17, 15) is 13.6 Å². The molecule has 2 fully saturated rings. The van der Waals surface area contributed by atoms with Crippen LogP contribution < -0.4 is 0 Å². The standard InChI is InChI=1S/C22H24F2N2O2/c1-13-5-6-21(15-8-17(23)12-18(24)9-15)26(13)22(27)16-10-19(11-16)28-14(2)20-4-3-7-25-20/h3-4,7-9,12-13,16,19,21,25H,2,5-6,10-11H2,1H3. The van der Waals surface area contributed by atoms with Crippen LogP contribution >= 0.6 is 0 Å². The van der Waals surface area contributed by atoms with Crippen molar-refractivity contribution in [3.05, 3.63) is 66.0 Å². The summed E-state index contributed by atoms with van der Waals surface area (Å²) in [5.41, 5.74) is 1.36. The van der Waals surface area contributed by atoms with Gasteiger partial charge in [-0.2, -0.15) is 0 Å². The number of rotatable bonds is 5. The van der Waals surface area contributed by atoms with Crippen LogP contribution in [0.3, 0.4) is 0 Å². The minimum absolute atomic E-state index is 0.0345. The van der Waals surface area contributed by atoms with Gasteiger partial charge in [0.15, 0.2) is 0 Å². The first kappa shape index (κ1) is 18.7. The molecule has 2 unspecified atom stereocenters. The summed E-state index contributed by atoms with van der Waals surface area (Å²) in [6, 6.07) is 7.07. The van der Waals surface area contributed by atoms with Crippen molar-refractivity contribution in [2.24, 2.45) is 5.92 Å². The molecule has 1 aromatic heterocycles. The van der Waals surface area contributed by atoms with E-state index in [4.69, 9.17) is 4.74 Å². The Morgan fingerprint density at radius 3 is 2.57 bits per heavy atom. The second-order valence-electron chi connectivity index (χ2n) is 7.81. The lowest BCUT2D eigenvalue weighted by Gasteiger charge is -2.39. The number of hydrogen-bond donors (Lipinski definition) is 1. The SMILES string of the molecule is C=C(OC1CC(C(=O)N2C(C)CCC2c2cc(F)cc(F)c2)C1)c1ccc[nH]1. The summed E-state index contributed by atoms with van der Waals surface area (Å²) in [5.74, 6) is -0.722. The fourth-order valence-electron chi connectivity index (χ4n) is 4.29. The Kier molecular flexibility index (Phi) is 4.96.